The number of aryl methyl sites for hydroxylation is 1. The van der Waals surface area contributed by atoms with Crippen LogP contribution in [0.25, 0.3) is 10.9 Å². The zero-order valence-electron chi connectivity index (χ0n) is 19.6. The maximum atomic E-state index is 14.7. The number of aliphatic hydroxyl groups excluding tert-OH is 1. The largest absolute Gasteiger partial charge is 0.496 e. The number of hydrogen-bond acceptors (Lipinski definition) is 6. The minimum atomic E-state index is -4.81. The summed E-state index contributed by atoms with van der Waals surface area (Å²) < 4.78 is 59.9. The molecule has 3 N–H and O–H groups in total. The summed E-state index contributed by atoms with van der Waals surface area (Å²) in [6.07, 6.45) is -3.77. The molecule has 1 saturated carbocycles. The quantitative estimate of drug-likeness (QED) is 0.413. The van der Waals surface area contributed by atoms with Gasteiger partial charge in [0.05, 0.1) is 35.9 Å². The van der Waals surface area contributed by atoms with Gasteiger partial charge in [0.2, 0.25) is 0 Å². The highest BCUT2D eigenvalue weighted by atomic mass is 19.4. The number of alkyl halides is 3. The number of benzene rings is 2. The summed E-state index contributed by atoms with van der Waals surface area (Å²) in [7, 11) is 1.48. The van der Waals surface area contributed by atoms with Crippen molar-refractivity contribution in [2.75, 3.05) is 12.4 Å². The van der Waals surface area contributed by atoms with E-state index in [-0.39, 0.29) is 5.56 Å². The van der Waals surface area contributed by atoms with Crippen LogP contribution in [0.4, 0.5) is 23.4 Å². The van der Waals surface area contributed by atoms with Crippen LogP contribution < -0.4 is 10.1 Å². The normalized spacial score (nSPS) is 21.7. The molecule has 0 amide bonds. The lowest BCUT2D eigenvalue weighted by atomic mass is 9.78. The van der Waals surface area contributed by atoms with Gasteiger partial charge in [-0.05, 0) is 51.7 Å². The summed E-state index contributed by atoms with van der Waals surface area (Å²) in [6, 6.07) is 5.68. The van der Waals surface area contributed by atoms with Crippen molar-refractivity contribution in [3.8, 4) is 5.75 Å². The average Bonchev–Trinajstić information content (AvgIpc) is 2.79. The van der Waals surface area contributed by atoms with E-state index in [2.05, 4.69) is 15.3 Å². The summed E-state index contributed by atoms with van der Waals surface area (Å²) in [4.78, 5) is 8.85. The van der Waals surface area contributed by atoms with Gasteiger partial charge in [-0.1, -0.05) is 12.1 Å². The van der Waals surface area contributed by atoms with Gasteiger partial charge in [-0.25, -0.2) is 14.4 Å². The summed E-state index contributed by atoms with van der Waals surface area (Å²) in [5.41, 5.74) is -1.72. The predicted molar refractivity (Wildman–Crippen MR) is 123 cm³/mol. The third-order valence-electron chi connectivity index (χ3n) is 6.57. The molecule has 0 saturated heterocycles. The number of aliphatic hydroxyl groups is 2. The van der Waals surface area contributed by atoms with Gasteiger partial charge < -0.3 is 20.3 Å². The van der Waals surface area contributed by atoms with E-state index in [1.54, 1.807) is 26.0 Å². The molecule has 0 aliphatic heterocycles. The highest BCUT2D eigenvalue weighted by Gasteiger charge is 2.38. The Bertz CT molecular complexity index is 1240. The monoisotopic (exact) mass is 493 g/mol. The van der Waals surface area contributed by atoms with Gasteiger partial charge in [0.15, 0.2) is 0 Å². The molecule has 1 heterocycles. The minimum absolute atomic E-state index is 0.155. The second kappa shape index (κ2) is 9.23. The van der Waals surface area contributed by atoms with Gasteiger partial charge in [-0.15, -0.1) is 0 Å². The van der Waals surface area contributed by atoms with Crippen LogP contribution in [0.5, 0.6) is 5.75 Å². The molecule has 2 aromatic carbocycles. The van der Waals surface area contributed by atoms with Crippen LogP contribution in [0, 0.1) is 12.7 Å². The minimum Gasteiger partial charge on any atom is -0.496 e. The van der Waals surface area contributed by atoms with Crippen molar-refractivity contribution in [1.82, 2.24) is 9.97 Å². The van der Waals surface area contributed by atoms with Gasteiger partial charge in [-0.3, -0.25) is 0 Å². The van der Waals surface area contributed by atoms with Gasteiger partial charge in [0.1, 0.15) is 23.2 Å². The van der Waals surface area contributed by atoms with Crippen molar-refractivity contribution < 1.29 is 32.5 Å². The van der Waals surface area contributed by atoms with Crippen molar-refractivity contribution in [3.05, 3.63) is 58.7 Å². The van der Waals surface area contributed by atoms with Crippen LogP contribution in [0.15, 0.2) is 30.3 Å². The van der Waals surface area contributed by atoms with Crippen LogP contribution in [-0.2, 0) is 11.8 Å². The Balaban J connectivity index is 1.78. The van der Waals surface area contributed by atoms with Crippen LogP contribution in [-0.4, -0.2) is 33.4 Å². The van der Waals surface area contributed by atoms with Crippen LogP contribution in [0.2, 0.25) is 0 Å². The second-order valence-corrected chi connectivity index (χ2v) is 9.02. The highest BCUT2D eigenvalue weighted by Crippen LogP contribution is 2.44. The van der Waals surface area contributed by atoms with Crippen LogP contribution >= 0.6 is 0 Å². The van der Waals surface area contributed by atoms with Crippen molar-refractivity contribution in [2.24, 2.45) is 0 Å². The number of rotatable bonds is 5. The molecule has 0 unspecified atom stereocenters. The molecule has 1 aromatic heterocycles. The Kier molecular flexibility index (Phi) is 6.63. The molecule has 1 atom stereocenters. The first kappa shape index (κ1) is 25.1. The van der Waals surface area contributed by atoms with Gasteiger partial charge in [-0.2, -0.15) is 13.2 Å². The molecule has 1 fully saturated rings. The molecule has 1 aliphatic rings. The number of hydrogen-bond donors (Lipinski definition) is 3. The van der Waals surface area contributed by atoms with E-state index in [1.807, 2.05) is 0 Å². The molecular formula is C25H27F4N3O3. The lowest BCUT2D eigenvalue weighted by Gasteiger charge is -2.35. The SMILES string of the molecule is COc1cc2nc(C)nc(N[C@H](C)c3cccc(C(F)(F)F)c3F)c2cc1C1(O)CCC(O)CC1. The predicted octanol–water partition coefficient (Wildman–Crippen LogP) is 5.40. The molecule has 188 valence electrons. The Morgan fingerprint density at radius 3 is 2.49 bits per heavy atom. The number of fused-ring (bicyclic) bond motifs is 1. The van der Waals surface area contributed by atoms with E-state index >= 15 is 0 Å². The lowest BCUT2D eigenvalue weighted by Crippen LogP contribution is -2.33. The molecule has 10 heteroatoms. The smallest absolute Gasteiger partial charge is 0.419 e. The maximum Gasteiger partial charge on any atom is 0.419 e. The number of ether oxygens (including phenoxy) is 1. The summed E-state index contributed by atoms with van der Waals surface area (Å²) in [6.45, 7) is 3.21. The third kappa shape index (κ3) is 4.90. The van der Waals surface area contributed by atoms with E-state index in [4.69, 9.17) is 4.74 Å². The fourth-order valence-electron chi connectivity index (χ4n) is 4.65. The molecule has 0 radical (unpaired) electrons. The lowest BCUT2D eigenvalue weighted by molar-refractivity contribution is -0.140. The van der Waals surface area contributed by atoms with Crippen LogP contribution in [0.1, 0.15) is 61.2 Å². The first-order valence-corrected chi connectivity index (χ1v) is 11.3. The number of anilines is 1. The fraction of sp³-hybridized carbons (Fsp3) is 0.440. The third-order valence-corrected chi connectivity index (χ3v) is 6.57. The number of halogens is 4. The van der Waals surface area contributed by atoms with E-state index in [9.17, 15) is 27.8 Å². The molecule has 35 heavy (non-hydrogen) atoms. The first-order valence-electron chi connectivity index (χ1n) is 11.3. The van der Waals surface area contributed by atoms with Crippen molar-refractivity contribution in [1.29, 1.82) is 0 Å². The van der Waals surface area contributed by atoms with Crippen molar-refractivity contribution in [2.45, 2.75) is 63.5 Å². The molecule has 3 aromatic rings. The zero-order chi connectivity index (χ0) is 25.5. The number of aromatic nitrogens is 2. The van der Waals surface area contributed by atoms with Crippen molar-refractivity contribution in [3.63, 3.8) is 0 Å². The first-order chi connectivity index (χ1) is 16.4. The Morgan fingerprint density at radius 1 is 1.17 bits per heavy atom. The van der Waals surface area contributed by atoms with Crippen LogP contribution in [0.3, 0.4) is 0 Å². The fourth-order valence-corrected chi connectivity index (χ4v) is 4.65. The summed E-state index contributed by atoms with van der Waals surface area (Å²) >= 11 is 0. The number of nitrogens with one attached hydrogen (secondary N) is 1. The maximum absolute atomic E-state index is 14.7. The zero-order valence-corrected chi connectivity index (χ0v) is 19.6. The van der Waals surface area contributed by atoms with Gasteiger partial charge in [0, 0.05) is 22.6 Å². The number of nitrogens with zero attached hydrogens (tertiary/aromatic N) is 2. The standard InChI is InChI=1S/C25H27F4N3O3/c1-13(16-5-4-6-18(22(16)26)25(27,28)29)30-23-17-11-19(24(34)9-7-15(33)8-10-24)21(35-3)12-20(17)31-14(2)32-23/h4-6,11-13,15,33-34H,7-10H2,1-3H3,(H,30,31,32)/t13-,15?,24?/m1/s1. The Labute approximate surface area is 200 Å². The summed E-state index contributed by atoms with van der Waals surface area (Å²) in [5.74, 6) is -0.226. The second-order valence-electron chi connectivity index (χ2n) is 9.02. The van der Waals surface area contributed by atoms with E-state index in [0.717, 1.165) is 0 Å². The van der Waals surface area contributed by atoms with E-state index < -0.39 is 35.3 Å². The Morgan fingerprint density at radius 2 is 1.86 bits per heavy atom. The van der Waals surface area contributed by atoms with E-state index in [0.29, 0.717) is 65.6 Å². The highest BCUT2D eigenvalue weighted by molar-refractivity contribution is 5.91. The van der Waals surface area contributed by atoms with Gasteiger partial charge >= 0.3 is 6.18 Å². The molecule has 4 rings (SSSR count). The molecular weight excluding hydrogens is 466 g/mol. The Hall–Kier alpha value is -2.98. The topological polar surface area (TPSA) is 87.5 Å². The summed E-state index contributed by atoms with van der Waals surface area (Å²) in [5, 5.41) is 24.8. The van der Waals surface area contributed by atoms with E-state index in [1.165, 1.54) is 19.2 Å². The number of methoxy groups -OCH3 is 1. The van der Waals surface area contributed by atoms with Crippen molar-refractivity contribution >= 4 is 16.7 Å². The molecule has 6 nitrogen and oxygen atoms in total. The molecule has 0 spiro atoms. The average molecular weight is 494 g/mol. The molecule has 1 aliphatic carbocycles. The molecule has 0 bridgehead atoms. The van der Waals surface area contributed by atoms with Gasteiger partial charge in [0.25, 0.3) is 0 Å².